The quantitative estimate of drug-likeness (QED) is 0.205. The summed E-state index contributed by atoms with van der Waals surface area (Å²) in [5.74, 6) is 0. The molecule has 0 bridgehead atoms. The van der Waals surface area contributed by atoms with Crippen LogP contribution in [0, 0.1) is 0 Å². The van der Waals surface area contributed by atoms with Crippen molar-refractivity contribution < 1.29 is 4.74 Å². The van der Waals surface area contributed by atoms with Gasteiger partial charge in [-0.1, -0.05) is 139 Å². The molecule has 0 heterocycles. The average Bonchev–Trinajstić information content (AvgIpc) is 2.80. The zero-order valence-electron chi connectivity index (χ0n) is 17.0. The van der Waals surface area contributed by atoms with E-state index in [9.17, 15) is 0 Å². The predicted octanol–water partition coefficient (Wildman–Crippen LogP) is 7.89. The van der Waals surface area contributed by atoms with Gasteiger partial charge < -0.3 is 4.74 Å². The molecule has 0 N–H and O–H groups in total. The van der Waals surface area contributed by atoms with Gasteiger partial charge in [0.15, 0.2) is 0 Å². The monoisotopic (exact) mass is 496 g/mol. The molecule has 0 spiro atoms. The van der Waals surface area contributed by atoms with E-state index in [0.717, 1.165) is 36.0 Å². The molecule has 0 fully saturated rings. The van der Waals surface area contributed by atoms with E-state index in [2.05, 4.69) is 131 Å². The van der Waals surface area contributed by atoms with Gasteiger partial charge in [-0.3, -0.25) is 0 Å². The van der Waals surface area contributed by atoms with Gasteiger partial charge in [-0.2, -0.15) is 0 Å². The molecular weight excluding hydrogens is 467 g/mol. The maximum atomic E-state index is 7.15. The summed E-state index contributed by atoms with van der Waals surface area (Å²) in [6, 6.07) is 31.9. The first-order chi connectivity index (χ1) is 14.3. The summed E-state index contributed by atoms with van der Waals surface area (Å²) in [4.78, 5) is 0. The number of halogens is 1. The lowest BCUT2D eigenvalue weighted by Crippen LogP contribution is -2.37. The molecule has 0 radical (unpaired) electrons. The zero-order chi connectivity index (χ0) is 20.4. The molecule has 0 aromatic heterocycles. The van der Waals surface area contributed by atoms with Gasteiger partial charge >= 0.3 is 0 Å². The number of hydrogen-bond donors (Lipinski definition) is 0. The zero-order valence-corrected chi connectivity index (χ0v) is 19.2. The minimum absolute atomic E-state index is 0.140. The summed E-state index contributed by atoms with van der Waals surface area (Å²) in [7, 11) is 0. The van der Waals surface area contributed by atoms with Crippen LogP contribution in [0.25, 0.3) is 0 Å². The van der Waals surface area contributed by atoms with E-state index in [-0.39, 0.29) is 6.10 Å². The van der Waals surface area contributed by atoms with Crippen LogP contribution in [0.2, 0.25) is 0 Å². The summed E-state index contributed by atoms with van der Waals surface area (Å²) in [5, 5.41) is 0. The Hall–Kier alpha value is -1.91. The van der Waals surface area contributed by atoms with Crippen LogP contribution in [0.15, 0.2) is 101 Å². The van der Waals surface area contributed by atoms with Gasteiger partial charge in [-0.15, -0.1) is 0 Å². The number of ether oxygens (including phenoxy) is 1. The highest BCUT2D eigenvalue weighted by Crippen LogP contribution is 2.42. The van der Waals surface area contributed by atoms with E-state index in [1.165, 1.54) is 6.42 Å². The van der Waals surface area contributed by atoms with E-state index in [1.54, 1.807) is 0 Å². The molecule has 0 unspecified atom stereocenters. The van der Waals surface area contributed by atoms with Gasteiger partial charge in [-0.25, -0.2) is 0 Å². The largest absolute Gasteiger partial charge is 0.357 e. The lowest BCUT2D eigenvalue weighted by Gasteiger charge is -2.39. The predicted molar refractivity (Wildman–Crippen MR) is 131 cm³/mol. The van der Waals surface area contributed by atoms with E-state index >= 15 is 0 Å². The fraction of sp³-hybridized carbons (Fsp3) is 0.259. The Morgan fingerprint density at radius 3 is 1.62 bits per heavy atom. The first-order valence-electron chi connectivity index (χ1n) is 10.4. The molecular formula is C27H29IO. The highest BCUT2D eigenvalue weighted by atomic mass is 127. The van der Waals surface area contributed by atoms with Crippen LogP contribution in [0.5, 0.6) is 0 Å². The molecule has 3 rings (SSSR count). The molecule has 3 aromatic rings. The third-order valence-electron chi connectivity index (χ3n) is 5.25. The Balaban J connectivity index is 2.18. The Bertz CT molecular complexity index is 762. The van der Waals surface area contributed by atoms with Crippen molar-refractivity contribution in [2.75, 3.05) is 0 Å². The maximum absolute atomic E-state index is 7.15. The lowest BCUT2D eigenvalue weighted by atomic mass is 9.79. The number of unbranched alkanes of at least 4 members (excludes halogenated alkanes) is 1. The summed E-state index contributed by atoms with van der Waals surface area (Å²) in [5.41, 5.74) is 2.86. The van der Waals surface area contributed by atoms with E-state index < -0.39 is 5.60 Å². The number of hydrogen-bond acceptors (Lipinski definition) is 1. The molecule has 150 valence electrons. The second-order valence-electron chi connectivity index (χ2n) is 7.26. The summed E-state index contributed by atoms with van der Waals surface area (Å²) >= 11 is 2.29. The molecule has 0 aliphatic heterocycles. The standard InChI is InChI=1S/C27H29IO/c1-2-3-20-26(21-13-22-28)29-27(23-14-7-4-8-15-23,24-16-9-5-10-17-24)25-18-11-6-12-19-25/h4-19,22,26H,2-3,20-21H2,1H3/b22-13+/t26-/m0/s1. The fourth-order valence-corrected chi connectivity index (χ4v) is 4.13. The highest BCUT2D eigenvalue weighted by molar-refractivity contribution is 14.1. The Labute approximate surface area is 189 Å². The SMILES string of the molecule is CCCC[C@@H](C/C=C/I)OC(c1ccccc1)(c1ccccc1)c1ccccc1. The van der Waals surface area contributed by atoms with Gasteiger partial charge in [0.05, 0.1) is 6.10 Å². The molecule has 2 heteroatoms. The van der Waals surface area contributed by atoms with Crippen LogP contribution in [0.3, 0.4) is 0 Å². The van der Waals surface area contributed by atoms with Crippen LogP contribution in [0.4, 0.5) is 0 Å². The Morgan fingerprint density at radius 1 is 0.793 bits per heavy atom. The van der Waals surface area contributed by atoms with Crippen LogP contribution < -0.4 is 0 Å². The van der Waals surface area contributed by atoms with Crippen molar-refractivity contribution in [2.45, 2.75) is 44.3 Å². The number of rotatable bonds is 10. The van der Waals surface area contributed by atoms with Crippen LogP contribution >= 0.6 is 22.6 Å². The first kappa shape index (κ1) is 21.8. The lowest BCUT2D eigenvalue weighted by molar-refractivity contribution is -0.0501. The Morgan fingerprint density at radius 2 is 1.24 bits per heavy atom. The second-order valence-corrected chi connectivity index (χ2v) is 7.98. The minimum Gasteiger partial charge on any atom is -0.357 e. The van der Waals surface area contributed by atoms with Crippen molar-refractivity contribution >= 4 is 22.6 Å². The minimum atomic E-state index is -0.638. The third kappa shape index (κ3) is 5.37. The van der Waals surface area contributed by atoms with E-state index in [0.29, 0.717) is 0 Å². The molecule has 29 heavy (non-hydrogen) atoms. The van der Waals surface area contributed by atoms with Crippen molar-refractivity contribution in [3.05, 3.63) is 118 Å². The molecule has 1 atom stereocenters. The topological polar surface area (TPSA) is 9.23 Å². The van der Waals surface area contributed by atoms with Crippen molar-refractivity contribution in [1.82, 2.24) is 0 Å². The normalized spacial score (nSPS) is 12.9. The van der Waals surface area contributed by atoms with Crippen molar-refractivity contribution in [3.8, 4) is 0 Å². The van der Waals surface area contributed by atoms with E-state index in [4.69, 9.17) is 4.74 Å². The molecule has 0 saturated carbocycles. The Kier molecular flexibility index (Phi) is 8.51. The van der Waals surface area contributed by atoms with Crippen molar-refractivity contribution in [3.63, 3.8) is 0 Å². The smallest absolute Gasteiger partial charge is 0.144 e. The molecule has 0 saturated heterocycles. The van der Waals surface area contributed by atoms with Crippen molar-refractivity contribution in [1.29, 1.82) is 0 Å². The summed E-state index contributed by atoms with van der Waals surface area (Å²) in [6.07, 6.45) is 6.65. The molecule has 0 aliphatic carbocycles. The highest BCUT2D eigenvalue weighted by Gasteiger charge is 2.39. The maximum Gasteiger partial charge on any atom is 0.144 e. The first-order valence-corrected chi connectivity index (χ1v) is 11.7. The van der Waals surface area contributed by atoms with Crippen molar-refractivity contribution in [2.24, 2.45) is 0 Å². The molecule has 0 amide bonds. The molecule has 3 aromatic carbocycles. The summed E-state index contributed by atoms with van der Waals surface area (Å²) in [6.45, 7) is 2.24. The van der Waals surface area contributed by atoms with Gasteiger partial charge in [0.1, 0.15) is 5.60 Å². The summed E-state index contributed by atoms with van der Waals surface area (Å²) < 4.78 is 9.24. The van der Waals surface area contributed by atoms with E-state index in [1.807, 2.05) is 0 Å². The fourth-order valence-electron chi connectivity index (χ4n) is 3.83. The van der Waals surface area contributed by atoms with Crippen LogP contribution in [-0.2, 0) is 10.3 Å². The molecule has 1 nitrogen and oxygen atoms in total. The number of benzene rings is 3. The molecule has 0 aliphatic rings. The van der Waals surface area contributed by atoms with Gasteiger partial charge in [0.2, 0.25) is 0 Å². The van der Waals surface area contributed by atoms with Gasteiger partial charge in [-0.05, 0) is 33.6 Å². The van der Waals surface area contributed by atoms with Gasteiger partial charge in [0, 0.05) is 0 Å². The van der Waals surface area contributed by atoms with Crippen LogP contribution in [-0.4, -0.2) is 6.10 Å². The third-order valence-corrected chi connectivity index (χ3v) is 5.76. The second kappa shape index (κ2) is 11.3. The average molecular weight is 496 g/mol. The van der Waals surface area contributed by atoms with Gasteiger partial charge in [0.25, 0.3) is 0 Å². The van der Waals surface area contributed by atoms with Crippen LogP contribution in [0.1, 0.15) is 49.3 Å².